The number of likely N-dealkylation sites (tertiary alicyclic amines) is 1. The number of urea groups is 1. The third kappa shape index (κ3) is 3.78. The van der Waals surface area contributed by atoms with Gasteiger partial charge in [-0.1, -0.05) is 18.2 Å². The molecule has 1 aliphatic rings. The van der Waals surface area contributed by atoms with Gasteiger partial charge in [0.15, 0.2) is 0 Å². The van der Waals surface area contributed by atoms with Crippen LogP contribution >= 0.6 is 0 Å². The highest BCUT2D eigenvalue weighted by Gasteiger charge is 2.28. The van der Waals surface area contributed by atoms with E-state index in [1.54, 1.807) is 4.90 Å². The summed E-state index contributed by atoms with van der Waals surface area (Å²) in [6.07, 6.45) is 1.38. The smallest absolute Gasteiger partial charge is 0.317 e. The number of carboxylic acid groups (broad SMARTS) is 1. The van der Waals surface area contributed by atoms with Gasteiger partial charge >= 0.3 is 12.0 Å². The third-order valence-corrected chi connectivity index (χ3v) is 4.43. The standard InChI is InChI=1S/C17H24N2O3/c1-11-6-7-14(9-12(11)2)13(3)18-17(22)19-8-4-5-15(10-19)16(20)21/h6-7,9,13,15H,4-5,8,10H2,1-3H3,(H,18,22)(H,20,21). The molecule has 0 bridgehead atoms. The van der Waals surface area contributed by atoms with Crippen LogP contribution in [0.25, 0.3) is 0 Å². The number of carbonyl (C=O) groups excluding carboxylic acids is 1. The van der Waals surface area contributed by atoms with Gasteiger partial charge in [-0.2, -0.15) is 0 Å². The summed E-state index contributed by atoms with van der Waals surface area (Å²) in [5.41, 5.74) is 3.48. The van der Waals surface area contributed by atoms with Crippen LogP contribution in [0.2, 0.25) is 0 Å². The molecule has 1 saturated heterocycles. The molecule has 1 aliphatic heterocycles. The second-order valence-electron chi connectivity index (χ2n) is 6.14. The largest absolute Gasteiger partial charge is 0.481 e. The molecular weight excluding hydrogens is 280 g/mol. The number of amides is 2. The first-order chi connectivity index (χ1) is 10.4. The van der Waals surface area contributed by atoms with E-state index in [1.807, 2.05) is 13.0 Å². The Hall–Kier alpha value is -2.04. The predicted molar refractivity (Wildman–Crippen MR) is 84.8 cm³/mol. The van der Waals surface area contributed by atoms with Crippen molar-refractivity contribution in [1.29, 1.82) is 0 Å². The maximum absolute atomic E-state index is 12.3. The van der Waals surface area contributed by atoms with Gasteiger partial charge in [0.05, 0.1) is 12.0 Å². The Kier molecular flexibility index (Phi) is 5.06. The maximum Gasteiger partial charge on any atom is 0.317 e. The van der Waals surface area contributed by atoms with Crippen LogP contribution < -0.4 is 5.32 Å². The summed E-state index contributed by atoms with van der Waals surface area (Å²) in [5, 5.41) is 12.1. The minimum atomic E-state index is -0.820. The van der Waals surface area contributed by atoms with Gasteiger partial charge in [-0.3, -0.25) is 4.79 Å². The number of rotatable bonds is 3. The quantitative estimate of drug-likeness (QED) is 0.902. The van der Waals surface area contributed by atoms with E-state index in [2.05, 4.69) is 31.3 Å². The van der Waals surface area contributed by atoms with Gasteiger partial charge < -0.3 is 15.3 Å². The van der Waals surface area contributed by atoms with E-state index < -0.39 is 11.9 Å². The van der Waals surface area contributed by atoms with Gasteiger partial charge in [0.25, 0.3) is 0 Å². The summed E-state index contributed by atoms with van der Waals surface area (Å²) in [4.78, 5) is 25.0. The van der Waals surface area contributed by atoms with Crippen molar-refractivity contribution in [2.45, 2.75) is 39.7 Å². The number of hydrogen-bond acceptors (Lipinski definition) is 2. The second-order valence-corrected chi connectivity index (χ2v) is 6.14. The molecule has 120 valence electrons. The van der Waals surface area contributed by atoms with Crippen LogP contribution in [-0.4, -0.2) is 35.1 Å². The molecule has 1 aromatic carbocycles. The molecule has 22 heavy (non-hydrogen) atoms. The van der Waals surface area contributed by atoms with Gasteiger partial charge in [0, 0.05) is 13.1 Å². The van der Waals surface area contributed by atoms with E-state index in [0.29, 0.717) is 19.5 Å². The van der Waals surface area contributed by atoms with Crippen molar-refractivity contribution in [2.75, 3.05) is 13.1 Å². The third-order valence-electron chi connectivity index (χ3n) is 4.43. The van der Waals surface area contributed by atoms with Crippen molar-refractivity contribution in [3.63, 3.8) is 0 Å². The zero-order valence-corrected chi connectivity index (χ0v) is 13.4. The molecule has 2 N–H and O–H groups in total. The molecule has 1 fully saturated rings. The van der Waals surface area contributed by atoms with Crippen molar-refractivity contribution in [3.8, 4) is 0 Å². The Morgan fingerprint density at radius 3 is 2.68 bits per heavy atom. The zero-order valence-electron chi connectivity index (χ0n) is 13.4. The molecule has 1 heterocycles. The van der Waals surface area contributed by atoms with Gasteiger partial charge in [0.1, 0.15) is 0 Å². The van der Waals surface area contributed by atoms with E-state index >= 15 is 0 Å². The van der Waals surface area contributed by atoms with Crippen molar-refractivity contribution >= 4 is 12.0 Å². The van der Waals surface area contributed by atoms with Crippen molar-refractivity contribution in [2.24, 2.45) is 5.92 Å². The molecule has 2 unspecified atom stereocenters. The van der Waals surface area contributed by atoms with Crippen LogP contribution in [0, 0.1) is 19.8 Å². The highest BCUT2D eigenvalue weighted by molar-refractivity contribution is 5.77. The summed E-state index contributed by atoms with van der Waals surface area (Å²) in [6, 6.07) is 5.86. The van der Waals surface area contributed by atoms with Crippen LogP contribution in [0.4, 0.5) is 4.79 Å². The Balaban J connectivity index is 1.98. The molecule has 0 radical (unpaired) electrons. The van der Waals surface area contributed by atoms with E-state index in [4.69, 9.17) is 5.11 Å². The number of benzene rings is 1. The fourth-order valence-electron chi connectivity index (χ4n) is 2.76. The maximum atomic E-state index is 12.3. The lowest BCUT2D eigenvalue weighted by Crippen LogP contribution is -2.47. The first kappa shape index (κ1) is 16.3. The summed E-state index contributed by atoms with van der Waals surface area (Å²) >= 11 is 0. The Bertz CT molecular complexity index is 571. The second kappa shape index (κ2) is 6.81. The first-order valence-corrected chi connectivity index (χ1v) is 7.74. The summed E-state index contributed by atoms with van der Waals surface area (Å²) < 4.78 is 0. The molecular formula is C17H24N2O3. The van der Waals surface area contributed by atoms with Crippen LogP contribution in [-0.2, 0) is 4.79 Å². The minimum absolute atomic E-state index is 0.1000. The molecule has 2 rings (SSSR count). The fraction of sp³-hybridized carbons (Fsp3) is 0.529. The number of nitrogens with zero attached hydrogens (tertiary/aromatic N) is 1. The molecule has 5 nitrogen and oxygen atoms in total. The summed E-state index contributed by atoms with van der Waals surface area (Å²) in [5.74, 6) is -1.27. The van der Waals surface area contributed by atoms with E-state index in [1.165, 1.54) is 11.1 Å². The lowest BCUT2D eigenvalue weighted by atomic mass is 9.98. The summed E-state index contributed by atoms with van der Waals surface area (Å²) in [6.45, 7) is 6.97. The minimum Gasteiger partial charge on any atom is -0.481 e. The van der Waals surface area contributed by atoms with Crippen molar-refractivity contribution in [1.82, 2.24) is 10.2 Å². The molecule has 0 aliphatic carbocycles. The molecule has 1 aromatic rings. The molecule has 0 spiro atoms. The molecule has 2 amide bonds. The molecule has 0 saturated carbocycles. The molecule has 5 heteroatoms. The number of carbonyl (C=O) groups is 2. The first-order valence-electron chi connectivity index (χ1n) is 7.74. The van der Waals surface area contributed by atoms with Crippen LogP contribution in [0.15, 0.2) is 18.2 Å². The Morgan fingerprint density at radius 1 is 1.32 bits per heavy atom. The Morgan fingerprint density at radius 2 is 2.05 bits per heavy atom. The Labute approximate surface area is 131 Å². The number of aliphatic carboxylic acids is 1. The average Bonchev–Trinajstić information content (AvgIpc) is 2.50. The lowest BCUT2D eigenvalue weighted by molar-refractivity contribution is -0.143. The van der Waals surface area contributed by atoms with E-state index in [0.717, 1.165) is 12.0 Å². The van der Waals surface area contributed by atoms with Crippen molar-refractivity contribution < 1.29 is 14.7 Å². The van der Waals surface area contributed by atoms with Gasteiger partial charge in [0.2, 0.25) is 0 Å². The monoisotopic (exact) mass is 304 g/mol. The average molecular weight is 304 g/mol. The number of aryl methyl sites for hydroxylation is 2. The van der Waals surface area contributed by atoms with Gasteiger partial charge in [-0.25, -0.2) is 4.79 Å². The molecule has 2 atom stereocenters. The SMILES string of the molecule is Cc1ccc(C(C)NC(=O)N2CCCC(C(=O)O)C2)cc1C. The number of piperidine rings is 1. The number of carboxylic acids is 1. The van der Waals surface area contributed by atoms with Gasteiger partial charge in [-0.05, 0) is 50.3 Å². The van der Waals surface area contributed by atoms with E-state index in [9.17, 15) is 9.59 Å². The highest BCUT2D eigenvalue weighted by atomic mass is 16.4. The van der Waals surface area contributed by atoms with Gasteiger partial charge in [-0.15, -0.1) is 0 Å². The van der Waals surface area contributed by atoms with E-state index in [-0.39, 0.29) is 12.1 Å². The van der Waals surface area contributed by atoms with Crippen LogP contribution in [0.1, 0.15) is 42.5 Å². The van der Waals surface area contributed by atoms with Crippen LogP contribution in [0.3, 0.4) is 0 Å². The normalized spacial score (nSPS) is 19.6. The number of hydrogen-bond donors (Lipinski definition) is 2. The topological polar surface area (TPSA) is 69.6 Å². The number of nitrogens with one attached hydrogen (secondary N) is 1. The fourth-order valence-corrected chi connectivity index (χ4v) is 2.76. The predicted octanol–water partition coefficient (Wildman–Crippen LogP) is 2.87. The lowest BCUT2D eigenvalue weighted by Gasteiger charge is -2.31. The van der Waals surface area contributed by atoms with Crippen molar-refractivity contribution in [3.05, 3.63) is 34.9 Å². The van der Waals surface area contributed by atoms with Crippen LogP contribution in [0.5, 0.6) is 0 Å². The zero-order chi connectivity index (χ0) is 16.3. The summed E-state index contributed by atoms with van der Waals surface area (Å²) in [7, 11) is 0. The highest BCUT2D eigenvalue weighted by Crippen LogP contribution is 2.19. The molecule has 0 aromatic heterocycles.